The second kappa shape index (κ2) is 5.85. The van der Waals surface area contributed by atoms with Crippen molar-refractivity contribution < 1.29 is 4.79 Å². The summed E-state index contributed by atoms with van der Waals surface area (Å²) < 4.78 is 0. The maximum atomic E-state index is 11.6. The first-order valence-corrected chi connectivity index (χ1v) is 5.43. The van der Waals surface area contributed by atoms with E-state index in [9.17, 15) is 4.79 Å². The molecule has 1 unspecified atom stereocenters. The van der Waals surface area contributed by atoms with Crippen LogP contribution >= 0.6 is 0 Å². The largest absolute Gasteiger partial charge is 0.358 e. The Hall–Kier alpha value is -2.09. The van der Waals surface area contributed by atoms with Gasteiger partial charge in [-0.15, -0.1) is 0 Å². The summed E-state index contributed by atoms with van der Waals surface area (Å²) in [4.78, 5) is 15.7. The van der Waals surface area contributed by atoms with Crippen LogP contribution < -0.4 is 10.6 Å². The average molecular weight is 232 g/mol. The molecule has 0 saturated heterocycles. The normalized spacial score (nSPS) is 11.7. The molecule has 1 aromatic heterocycles. The number of carbonyl (C=O) groups excluding carboxylic acids is 1. The number of nitrogens with one attached hydrogen (secondary N) is 2. The maximum absolute atomic E-state index is 11.6. The molecule has 0 saturated carbocycles. The zero-order valence-corrected chi connectivity index (χ0v) is 10.2. The van der Waals surface area contributed by atoms with Crippen LogP contribution in [0.25, 0.3) is 0 Å². The molecule has 1 rings (SSSR count). The van der Waals surface area contributed by atoms with E-state index in [1.54, 1.807) is 25.2 Å². The molecule has 1 heterocycles. The fourth-order valence-corrected chi connectivity index (χ4v) is 1.43. The fourth-order valence-electron chi connectivity index (χ4n) is 1.43. The van der Waals surface area contributed by atoms with E-state index in [-0.39, 0.29) is 17.9 Å². The van der Waals surface area contributed by atoms with Gasteiger partial charge in [0.25, 0.3) is 0 Å². The van der Waals surface area contributed by atoms with Gasteiger partial charge in [-0.05, 0) is 18.1 Å². The van der Waals surface area contributed by atoms with Crippen molar-refractivity contribution in [3.63, 3.8) is 0 Å². The smallest absolute Gasteiger partial charge is 0.242 e. The molecule has 0 aromatic carbocycles. The first kappa shape index (κ1) is 13.0. The minimum Gasteiger partial charge on any atom is -0.358 e. The van der Waals surface area contributed by atoms with Gasteiger partial charge < -0.3 is 10.6 Å². The van der Waals surface area contributed by atoms with Crippen LogP contribution in [0.2, 0.25) is 0 Å². The van der Waals surface area contributed by atoms with Crippen LogP contribution in [0.15, 0.2) is 18.2 Å². The molecule has 17 heavy (non-hydrogen) atoms. The quantitative estimate of drug-likeness (QED) is 0.816. The summed E-state index contributed by atoms with van der Waals surface area (Å²) >= 11 is 0. The summed E-state index contributed by atoms with van der Waals surface area (Å²) in [7, 11) is 1.60. The average Bonchev–Trinajstić information content (AvgIpc) is 2.35. The van der Waals surface area contributed by atoms with Crippen molar-refractivity contribution in [3.8, 4) is 6.07 Å². The molecule has 0 bridgehead atoms. The number of nitriles is 1. The Morgan fingerprint density at radius 2 is 2.18 bits per heavy atom. The summed E-state index contributed by atoms with van der Waals surface area (Å²) in [5.41, 5.74) is 0.328. The Morgan fingerprint density at radius 1 is 1.47 bits per heavy atom. The van der Waals surface area contributed by atoms with E-state index in [1.165, 1.54) is 0 Å². The summed E-state index contributed by atoms with van der Waals surface area (Å²) in [6, 6.07) is 6.69. The Bertz CT molecular complexity index is 436. The van der Waals surface area contributed by atoms with E-state index in [4.69, 9.17) is 5.26 Å². The number of nitrogens with zero attached hydrogens (tertiary/aromatic N) is 2. The van der Waals surface area contributed by atoms with Gasteiger partial charge in [-0.1, -0.05) is 19.9 Å². The predicted octanol–water partition coefficient (Wildman–Crippen LogP) is 1.14. The van der Waals surface area contributed by atoms with Crippen LogP contribution in [0.4, 0.5) is 5.82 Å². The number of carbonyl (C=O) groups is 1. The van der Waals surface area contributed by atoms with Crippen molar-refractivity contribution in [3.05, 3.63) is 23.9 Å². The molecule has 5 nitrogen and oxygen atoms in total. The maximum Gasteiger partial charge on any atom is 0.242 e. The van der Waals surface area contributed by atoms with Gasteiger partial charge in [0.15, 0.2) is 0 Å². The monoisotopic (exact) mass is 232 g/mol. The standard InChI is InChI=1S/C12H16N4O/c1-8(2)11(12(17)14-3)16-10-6-4-5-9(7-13)15-10/h4-6,8,11H,1-3H3,(H,14,17)(H,15,16). The van der Waals surface area contributed by atoms with Crippen LogP contribution in [0.5, 0.6) is 0 Å². The third-order valence-electron chi connectivity index (χ3n) is 2.36. The number of rotatable bonds is 4. The first-order valence-electron chi connectivity index (χ1n) is 5.43. The van der Waals surface area contributed by atoms with Gasteiger partial charge in [0.2, 0.25) is 5.91 Å². The highest BCUT2D eigenvalue weighted by Crippen LogP contribution is 2.11. The third-order valence-corrected chi connectivity index (χ3v) is 2.36. The predicted molar refractivity (Wildman–Crippen MR) is 65.3 cm³/mol. The van der Waals surface area contributed by atoms with Crippen molar-refractivity contribution in [2.45, 2.75) is 19.9 Å². The fraction of sp³-hybridized carbons (Fsp3) is 0.417. The van der Waals surface area contributed by atoms with Crippen LogP contribution in [-0.2, 0) is 4.79 Å². The van der Waals surface area contributed by atoms with Crippen molar-refractivity contribution in [2.24, 2.45) is 5.92 Å². The van der Waals surface area contributed by atoms with Gasteiger partial charge in [-0.3, -0.25) is 4.79 Å². The second-order valence-corrected chi connectivity index (χ2v) is 4.00. The second-order valence-electron chi connectivity index (χ2n) is 4.00. The molecule has 1 aromatic rings. The molecule has 5 heteroatoms. The number of pyridine rings is 1. The molecular formula is C12H16N4O. The number of hydrogen-bond acceptors (Lipinski definition) is 4. The number of amides is 1. The molecule has 0 radical (unpaired) electrons. The Balaban J connectivity index is 2.86. The third kappa shape index (κ3) is 3.45. The SMILES string of the molecule is CNC(=O)C(Nc1cccc(C#N)n1)C(C)C. The van der Waals surface area contributed by atoms with Crippen molar-refractivity contribution in [1.29, 1.82) is 5.26 Å². The highest BCUT2D eigenvalue weighted by Gasteiger charge is 2.21. The van der Waals surface area contributed by atoms with Gasteiger partial charge in [0.1, 0.15) is 23.6 Å². The number of likely N-dealkylation sites (N-methyl/N-ethyl adjacent to an activating group) is 1. The topological polar surface area (TPSA) is 77.8 Å². The van der Waals surface area contributed by atoms with Crippen LogP contribution in [0, 0.1) is 17.2 Å². The highest BCUT2D eigenvalue weighted by molar-refractivity contribution is 5.84. The lowest BCUT2D eigenvalue weighted by Gasteiger charge is -2.21. The number of hydrogen-bond donors (Lipinski definition) is 2. The molecule has 0 aliphatic carbocycles. The van der Waals surface area contributed by atoms with Gasteiger partial charge in [-0.2, -0.15) is 5.26 Å². The Kier molecular flexibility index (Phi) is 4.46. The lowest BCUT2D eigenvalue weighted by atomic mass is 10.0. The van der Waals surface area contributed by atoms with Gasteiger partial charge in [0, 0.05) is 7.05 Å². The van der Waals surface area contributed by atoms with E-state index in [0.717, 1.165) is 0 Å². The molecular weight excluding hydrogens is 216 g/mol. The lowest BCUT2D eigenvalue weighted by molar-refractivity contribution is -0.122. The Morgan fingerprint density at radius 3 is 2.71 bits per heavy atom. The van der Waals surface area contributed by atoms with E-state index in [1.807, 2.05) is 19.9 Å². The minimum absolute atomic E-state index is 0.0934. The van der Waals surface area contributed by atoms with Crippen LogP contribution in [0.3, 0.4) is 0 Å². The van der Waals surface area contributed by atoms with Crippen LogP contribution in [0.1, 0.15) is 19.5 Å². The molecule has 2 N–H and O–H groups in total. The van der Waals surface area contributed by atoms with Crippen LogP contribution in [-0.4, -0.2) is 24.0 Å². The van der Waals surface area contributed by atoms with Crippen molar-refractivity contribution in [2.75, 3.05) is 12.4 Å². The molecule has 0 aliphatic rings. The first-order chi connectivity index (χ1) is 8.08. The number of aromatic nitrogens is 1. The summed E-state index contributed by atoms with van der Waals surface area (Å²) in [6.45, 7) is 3.89. The number of anilines is 1. The van der Waals surface area contributed by atoms with Gasteiger partial charge >= 0.3 is 0 Å². The van der Waals surface area contributed by atoms with Crippen molar-refractivity contribution >= 4 is 11.7 Å². The molecule has 1 amide bonds. The summed E-state index contributed by atoms with van der Waals surface area (Å²) in [5, 5.41) is 14.4. The lowest BCUT2D eigenvalue weighted by Crippen LogP contribution is -2.41. The summed E-state index contributed by atoms with van der Waals surface area (Å²) in [6.07, 6.45) is 0. The van der Waals surface area contributed by atoms with Gasteiger partial charge in [-0.25, -0.2) is 4.98 Å². The molecule has 0 fully saturated rings. The van der Waals surface area contributed by atoms with E-state index in [0.29, 0.717) is 11.5 Å². The van der Waals surface area contributed by atoms with E-state index >= 15 is 0 Å². The van der Waals surface area contributed by atoms with E-state index in [2.05, 4.69) is 15.6 Å². The highest BCUT2D eigenvalue weighted by atomic mass is 16.2. The molecule has 0 aliphatic heterocycles. The molecule has 90 valence electrons. The zero-order valence-electron chi connectivity index (χ0n) is 10.2. The van der Waals surface area contributed by atoms with Crippen molar-refractivity contribution in [1.82, 2.24) is 10.3 Å². The molecule has 1 atom stereocenters. The van der Waals surface area contributed by atoms with E-state index < -0.39 is 0 Å². The minimum atomic E-state index is -0.360. The van der Waals surface area contributed by atoms with Gasteiger partial charge in [0.05, 0.1) is 0 Å². The Labute approximate surface area is 101 Å². The molecule has 0 spiro atoms. The zero-order chi connectivity index (χ0) is 12.8. The summed E-state index contributed by atoms with van der Waals surface area (Å²) in [5.74, 6) is 0.568.